The van der Waals surface area contributed by atoms with Crippen molar-refractivity contribution in [1.29, 1.82) is 0 Å². The Morgan fingerprint density at radius 1 is 0.769 bits per heavy atom. The number of hydrogen-bond donors (Lipinski definition) is 0. The zero-order valence-corrected chi connectivity index (χ0v) is 15.4. The van der Waals surface area contributed by atoms with Gasteiger partial charge in [-0.25, -0.2) is 0 Å². The lowest BCUT2D eigenvalue weighted by molar-refractivity contribution is -0.138. The average molecular weight is 348 g/mol. The van der Waals surface area contributed by atoms with E-state index in [1.54, 1.807) is 0 Å². The summed E-state index contributed by atoms with van der Waals surface area (Å²) >= 11 is 0. The highest BCUT2D eigenvalue weighted by atomic mass is 16.2. The van der Waals surface area contributed by atoms with Crippen molar-refractivity contribution in [1.82, 2.24) is 9.80 Å². The summed E-state index contributed by atoms with van der Waals surface area (Å²) in [6, 6.07) is 21.8. The third-order valence-corrected chi connectivity index (χ3v) is 5.89. The highest BCUT2D eigenvalue weighted by Gasteiger charge is 2.31. The van der Waals surface area contributed by atoms with Crippen LogP contribution >= 0.6 is 0 Å². The van der Waals surface area contributed by atoms with Crippen LogP contribution in [0.25, 0.3) is 0 Å². The molecule has 1 amide bonds. The highest BCUT2D eigenvalue weighted by molar-refractivity contribution is 5.79. The summed E-state index contributed by atoms with van der Waals surface area (Å²) in [6.45, 7) is 3.73. The zero-order chi connectivity index (χ0) is 17.8. The van der Waals surface area contributed by atoms with Gasteiger partial charge >= 0.3 is 0 Å². The van der Waals surface area contributed by atoms with Crippen molar-refractivity contribution in [2.45, 2.75) is 31.7 Å². The molecule has 1 aliphatic carbocycles. The molecule has 1 saturated heterocycles. The second-order valence-corrected chi connectivity index (χ2v) is 7.57. The van der Waals surface area contributed by atoms with Gasteiger partial charge in [0.1, 0.15) is 0 Å². The molecular formula is C23H28N2O. The minimum Gasteiger partial charge on any atom is -0.341 e. The van der Waals surface area contributed by atoms with Crippen molar-refractivity contribution in [3.63, 3.8) is 0 Å². The van der Waals surface area contributed by atoms with Crippen LogP contribution in [-0.2, 0) is 4.79 Å². The third kappa shape index (κ3) is 3.68. The van der Waals surface area contributed by atoms with Gasteiger partial charge in [0.25, 0.3) is 0 Å². The quantitative estimate of drug-likeness (QED) is 0.830. The van der Waals surface area contributed by atoms with Crippen LogP contribution in [0.1, 0.15) is 42.9 Å². The number of hydrogen-bond acceptors (Lipinski definition) is 2. The van der Waals surface area contributed by atoms with Crippen LogP contribution in [0.2, 0.25) is 0 Å². The Morgan fingerprint density at radius 3 is 1.92 bits per heavy atom. The smallest absolute Gasteiger partial charge is 0.225 e. The third-order valence-electron chi connectivity index (χ3n) is 5.89. The minimum atomic E-state index is 0.260. The van der Waals surface area contributed by atoms with E-state index in [0.717, 1.165) is 45.4 Å². The van der Waals surface area contributed by atoms with Gasteiger partial charge in [-0.15, -0.1) is 0 Å². The standard InChI is InChI=1S/C23H28N2O/c26-23(21-13-7-14-21)25-16-8-15-24(17-18-25)22(19-9-3-1-4-10-19)20-11-5-2-6-12-20/h1-6,9-12,21-22H,7-8,13-18H2. The molecule has 0 spiro atoms. The van der Waals surface area contributed by atoms with Crippen molar-refractivity contribution >= 4 is 5.91 Å². The van der Waals surface area contributed by atoms with Gasteiger partial charge in [-0.05, 0) is 30.4 Å². The summed E-state index contributed by atoms with van der Waals surface area (Å²) < 4.78 is 0. The van der Waals surface area contributed by atoms with E-state index in [2.05, 4.69) is 70.5 Å². The molecule has 1 aliphatic heterocycles. The summed E-state index contributed by atoms with van der Waals surface area (Å²) in [6.07, 6.45) is 4.46. The maximum absolute atomic E-state index is 12.7. The van der Waals surface area contributed by atoms with Crippen LogP contribution in [0.15, 0.2) is 60.7 Å². The van der Waals surface area contributed by atoms with E-state index < -0.39 is 0 Å². The number of carbonyl (C=O) groups is 1. The molecule has 136 valence electrons. The fourth-order valence-corrected chi connectivity index (χ4v) is 4.21. The van der Waals surface area contributed by atoms with Crippen LogP contribution in [0.5, 0.6) is 0 Å². The van der Waals surface area contributed by atoms with E-state index in [1.807, 2.05) is 0 Å². The Balaban J connectivity index is 1.53. The first-order valence-corrected chi connectivity index (χ1v) is 9.95. The summed E-state index contributed by atoms with van der Waals surface area (Å²) in [4.78, 5) is 17.3. The molecule has 0 aromatic heterocycles. The van der Waals surface area contributed by atoms with Gasteiger partial charge < -0.3 is 4.90 Å². The van der Waals surface area contributed by atoms with Gasteiger partial charge in [0.05, 0.1) is 6.04 Å². The van der Waals surface area contributed by atoms with Crippen LogP contribution in [-0.4, -0.2) is 41.9 Å². The molecule has 4 rings (SSSR count). The summed E-state index contributed by atoms with van der Waals surface area (Å²) in [7, 11) is 0. The normalized spacial score (nSPS) is 19.2. The molecule has 1 heterocycles. The first kappa shape index (κ1) is 17.3. The Labute approximate surface area is 156 Å². The fourth-order valence-electron chi connectivity index (χ4n) is 4.21. The maximum atomic E-state index is 12.7. The maximum Gasteiger partial charge on any atom is 0.225 e. The van der Waals surface area contributed by atoms with Gasteiger partial charge in [-0.2, -0.15) is 0 Å². The molecular weight excluding hydrogens is 320 g/mol. The zero-order valence-electron chi connectivity index (χ0n) is 15.4. The van der Waals surface area contributed by atoms with Gasteiger partial charge in [-0.3, -0.25) is 9.69 Å². The van der Waals surface area contributed by atoms with Gasteiger partial charge in [0, 0.05) is 32.1 Å². The molecule has 0 bridgehead atoms. The Hall–Kier alpha value is -2.13. The minimum absolute atomic E-state index is 0.260. The fraction of sp³-hybridized carbons (Fsp3) is 0.435. The first-order chi connectivity index (χ1) is 12.8. The first-order valence-electron chi connectivity index (χ1n) is 9.95. The van der Waals surface area contributed by atoms with Crippen LogP contribution in [0.4, 0.5) is 0 Å². The topological polar surface area (TPSA) is 23.6 Å². The molecule has 2 aromatic rings. The molecule has 26 heavy (non-hydrogen) atoms. The molecule has 0 radical (unpaired) electrons. The molecule has 2 aromatic carbocycles. The molecule has 2 fully saturated rings. The average Bonchev–Trinajstić information content (AvgIpc) is 2.89. The Morgan fingerprint density at radius 2 is 1.38 bits per heavy atom. The number of carbonyl (C=O) groups excluding carboxylic acids is 1. The number of nitrogens with zero attached hydrogens (tertiary/aromatic N) is 2. The molecule has 2 aliphatic rings. The van der Waals surface area contributed by atoms with E-state index in [1.165, 1.54) is 17.5 Å². The predicted octanol–water partition coefficient (Wildman–Crippen LogP) is 4.11. The highest BCUT2D eigenvalue weighted by Crippen LogP contribution is 2.31. The summed E-state index contributed by atoms with van der Waals surface area (Å²) in [5, 5.41) is 0. The van der Waals surface area contributed by atoms with E-state index in [4.69, 9.17) is 0 Å². The van der Waals surface area contributed by atoms with Crippen LogP contribution in [0, 0.1) is 5.92 Å². The number of amides is 1. The van der Waals surface area contributed by atoms with E-state index in [9.17, 15) is 4.79 Å². The van der Waals surface area contributed by atoms with Gasteiger partial charge in [-0.1, -0.05) is 67.1 Å². The molecule has 0 N–H and O–H groups in total. The SMILES string of the molecule is O=C(C1CCC1)N1CCCN(C(c2ccccc2)c2ccccc2)CC1. The van der Waals surface area contributed by atoms with Crippen molar-refractivity contribution < 1.29 is 4.79 Å². The second kappa shape index (κ2) is 8.05. The molecule has 3 nitrogen and oxygen atoms in total. The van der Waals surface area contributed by atoms with Crippen LogP contribution in [0.3, 0.4) is 0 Å². The lowest BCUT2D eigenvalue weighted by atomic mass is 9.84. The van der Waals surface area contributed by atoms with Crippen molar-refractivity contribution in [3.8, 4) is 0 Å². The van der Waals surface area contributed by atoms with E-state index >= 15 is 0 Å². The van der Waals surface area contributed by atoms with Crippen molar-refractivity contribution in [3.05, 3.63) is 71.8 Å². The van der Waals surface area contributed by atoms with Crippen LogP contribution < -0.4 is 0 Å². The largest absolute Gasteiger partial charge is 0.341 e. The molecule has 1 saturated carbocycles. The number of benzene rings is 2. The lowest BCUT2D eigenvalue weighted by Gasteiger charge is -2.33. The predicted molar refractivity (Wildman–Crippen MR) is 105 cm³/mol. The Bertz CT molecular complexity index is 672. The molecule has 0 unspecified atom stereocenters. The molecule has 3 heteroatoms. The van der Waals surface area contributed by atoms with Gasteiger partial charge in [0.2, 0.25) is 5.91 Å². The number of rotatable bonds is 4. The van der Waals surface area contributed by atoms with E-state index in [-0.39, 0.29) is 6.04 Å². The van der Waals surface area contributed by atoms with Crippen molar-refractivity contribution in [2.24, 2.45) is 5.92 Å². The summed E-state index contributed by atoms with van der Waals surface area (Å²) in [5.74, 6) is 0.703. The Kier molecular flexibility index (Phi) is 5.35. The van der Waals surface area contributed by atoms with Crippen molar-refractivity contribution in [2.75, 3.05) is 26.2 Å². The molecule has 0 atom stereocenters. The lowest BCUT2D eigenvalue weighted by Crippen LogP contribution is -2.41. The summed E-state index contributed by atoms with van der Waals surface area (Å²) in [5.41, 5.74) is 2.66. The van der Waals surface area contributed by atoms with Gasteiger partial charge in [0.15, 0.2) is 0 Å². The monoisotopic (exact) mass is 348 g/mol. The van der Waals surface area contributed by atoms with E-state index in [0.29, 0.717) is 11.8 Å². The second-order valence-electron chi connectivity index (χ2n) is 7.57.